The molecule has 108 valence electrons. The van der Waals surface area contributed by atoms with Crippen molar-refractivity contribution in [1.29, 1.82) is 0 Å². The Balaban J connectivity index is 2.26. The first-order valence-corrected chi connectivity index (χ1v) is 7.09. The Labute approximate surface area is 126 Å². The first-order chi connectivity index (χ1) is 9.98. The lowest BCUT2D eigenvalue weighted by Crippen LogP contribution is -2.42. The number of carbonyl (C=O) groups excluding carboxylic acids is 1. The lowest BCUT2D eigenvalue weighted by atomic mass is 9.79. The normalized spacial score (nSPS) is 13.3. The number of benzene rings is 2. The number of ketones is 1. The molecule has 1 atom stereocenters. The molecule has 0 heterocycles. The maximum Gasteiger partial charge on any atom is 0.164 e. The quantitative estimate of drug-likeness (QED) is 0.846. The average molecular weight is 279 g/mol. The summed E-state index contributed by atoms with van der Waals surface area (Å²) in [5.41, 5.74) is 7.57. The van der Waals surface area contributed by atoms with Gasteiger partial charge in [-0.25, -0.2) is 0 Å². The van der Waals surface area contributed by atoms with Crippen LogP contribution in [-0.4, -0.2) is 11.3 Å². The van der Waals surface area contributed by atoms with E-state index < -0.39 is 5.54 Å². The van der Waals surface area contributed by atoms with E-state index in [1.54, 1.807) is 6.08 Å². The third-order valence-corrected chi connectivity index (χ3v) is 3.40. The smallest absolute Gasteiger partial charge is 0.164 e. The van der Waals surface area contributed by atoms with E-state index >= 15 is 0 Å². The second-order valence-electron chi connectivity index (χ2n) is 5.81. The van der Waals surface area contributed by atoms with Gasteiger partial charge in [-0.1, -0.05) is 66.7 Å². The van der Waals surface area contributed by atoms with Crippen LogP contribution in [0.2, 0.25) is 0 Å². The van der Waals surface area contributed by atoms with Gasteiger partial charge in [0.05, 0.1) is 5.92 Å². The SMILES string of the molecule is CC(C)(N)C(C(=O)C=Cc1ccccc1)c1ccccc1. The maximum atomic E-state index is 12.6. The summed E-state index contributed by atoms with van der Waals surface area (Å²) in [5, 5.41) is 0. The van der Waals surface area contributed by atoms with Gasteiger partial charge in [-0.3, -0.25) is 4.79 Å². The highest BCUT2D eigenvalue weighted by molar-refractivity contribution is 5.99. The van der Waals surface area contributed by atoms with Crippen molar-refractivity contribution in [3.05, 3.63) is 77.9 Å². The van der Waals surface area contributed by atoms with Crippen molar-refractivity contribution in [3.8, 4) is 0 Å². The molecule has 2 aromatic carbocycles. The van der Waals surface area contributed by atoms with E-state index in [1.165, 1.54) is 0 Å². The zero-order valence-corrected chi connectivity index (χ0v) is 12.5. The van der Waals surface area contributed by atoms with E-state index in [0.29, 0.717) is 0 Å². The van der Waals surface area contributed by atoms with E-state index in [-0.39, 0.29) is 11.7 Å². The summed E-state index contributed by atoms with van der Waals surface area (Å²) in [7, 11) is 0. The fourth-order valence-electron chi connectivity index (χ4n) is 2.44. The molecular formula is C19H21NO. The summed E-state index contributed by atoms with van der Waals surface area (Å²) >= 11 is 0. The van der Waals surface area contributed by atoms with Gasteiger partial charge in [0.2, 0.25) is 0 Å². The summed E-state index contributed by atoms with van der Waals surface area (Å²) in [6.07, 6.45) is 3.46. The third kappa shape index (κ3) is 4.14. The van der Waals surface area contributed by atoms with E-state index in [2.05, 4.69) is 0 Å². The molecule has 0 fully saturated rings. The highest BCUT2D eigenvalue weighted by Gasteiger charge is 2.31. The molecule has 2 heteroatoms. The fraction of sp³-hybridized carbons (Fsp3) is 0.211. The number of allylic oxidation sites excluding steroid dienone is 1. The van der Waals surface area contributed by atoms with Gasteiger partial charge in [0.1, 0.15) is 0 Å². The molecule has 2 aromatic rings. The Morgan fingerprint density at radius 3 is 2.05 bits per heavy atom. The van der Waals surface area contributed by atoms with Crippen LogP contribution in [0.1, 0.15) is 30.9 Å². The molecule has 2 nitrogen and oxygen atoms in total. The number of hydrogen-bond donors (Lipinski definition) is 1. The molecule has 21 heavy (non-hydrogen) atoms. The number of carbonyl (C=O) groups is 1. The molecular weight excluding hydrogens is 258 g/mol. The van der Waals surface area contributed by atoms with E-state index in [1.807, 2.05) is 80.6 Å². The van der Waals surface area contributed by atoms with Gasteiger partial charge >= 0.3 is 0 Å². The molecule has 0 aliphatic heterocycles. The second-order valence-corrected chi connectivity index (χ2v) is 5.81. The van der Waals surface area contributed by atoms with E-state index in [0.717, 1.165) is 11.1 Å². The number of rotatable bonds is 5. The highest BCUT2D eigenvalue weighted by Crippen LogP contribution is 2.27. The van der Waals surface area contributed by atoms with Crippen molar-refractivity contribution in [2.75, 3.05) is 0 Å². The van der Waals surface area contributed by atoms with E-state index in [9.17, 15) is 4.79 Å². The third-order valence-electron chi connectivity index (χ3n) is 3.40. The largest absolute Gasteiger partial charge is 0.325 e. The van der Waals surface area contributed by atoms with Crippen molar-refractivity contribution in [3.63, 3.8) is 0 Å². The minimum Gasteiger partial charge on any atom is -0.325 e. The molecule has 0 bridgehead atoms. The monoisotopic (exact) mass is 279 g/mol. The standard InChI is InChI=1S/C19H21NO/c1-19(2,20)18(16-11-7-4-8-12-16)17(21)14-13-15-9-5-3-6-10-15/h3-14,18H,20H2,1-2H3. The molecule has 0 aliphatic carbocycles. The maximum absolute atomic E-state index is 12.6. The Kier molecular flexibility index (Phi) is 4.71. The minimum absolute atomic E-state index is 0.0255. The summed E-state index contributed by atoms with van der Waals surface area (Å²) in [4.78, 5) is 12.6. The van der Waals surface area contributed by atoms with Crippen LogP contribution < -0.4 is 5.73 Å². The topological polar surface area (TPSA) is 43.1 Å². The van der Waals surface area contributed by atoms with Crippen LogP contribution in [0.3, 0.4) is 0 Å². The zero-order valence-electron chi connectivity index (χ0n) is 12.5. The predicted molar refractivity (Wildman–Crippen MR) is 87.9 cm³/mol. The average Bonchev–Trinajstić information content (AvgIpc) is 2.46. The Morgan fingerprint density at radius 2 is 1.52 bits per heavy atom. The Morgan fingerprint density at radius 1 is 1.00 bits per heavy atom. The van der Waals surface area contributed by atoms with Gasteiger partial charge < -0.3 is 5.73 Å². The summed E-state index contributed by atoms with van der Waals surface area (Å²) < 4.78 is 0. The Hall–Kier alpha value is -2.19. The molecule has 0 saturated heterocycles. The van der Waals surface area contributed by atoms with Crippen molar-refractivity contribution in [2.45, 2.75) is 25.3 Å². The molecule has 0 radical (unpaired) electrons. The van der Waals surface area contributed by atoms with Crippen LogP contribution in [0, 0.1) is 0 Å². The van der Waals surface area contributed by atoms with Crippen LogP contribution in [0.25, 0.3) is 6.08 Å². The molecule has 0 aromatic heterocycles. The van der Waals surface area contributed by atoms with Gasteiger partial charge in [0.15, 0.2) is 5.78 Å². The predicted octanol–water partition coefficient (Wildman–Crippen LogP) is 3.79. The number of hydrogen-bond acceptors (Lipinski definition) is 2. The first kappa shape index (κ1) is 15.2. The molecule has 0 aliphatic rings. The zero-order chi connectivity index (χ0) is 15.3. The Bertz CT molecular complexity index is 609. The van der Waals surface area contributed by atoms with Crippen LogP contribution in [0.15, 0.2) is 66.7 Å². The molecule has 0 saturated carbocycles. The number of nitrogens with two attached hydrogens (primary N) is 1. The molecule has 2 N–H and O–H groups in total. The van der Waals surface area contributed by atoms with Crippen molar-refractivity contribution < 1.29 is 4.79 Å². The van der Waals surface area contributed by atoms with Crippen LogP contribution in [-0.2, 0) is 4.79 Å². The van der Waals surface area contributed by atoms with Gasteiger partial charge in [0.25, 0.3) is 0 Å². The van der Waals surface area contributed by atoms with Crippen molar-refractivity contribution in [2.24, 2.45) is 5.73 Å². The lowest BCUT2D eigenvalue weighted by molar-refractivity contribution is -0.117. The van der Waals surface area contributed by atoms with E-state index in [4.69, 9.17) is 5.73 Å². The van der Waals surface area contributed by atoms with Crippen LogP contribution in [0.5, 0.6) is 0 Å². The molecule has 1 unspecified atom stereocenters. The van der Waals surface area contributed by atoms with Crippen molar-refractivity contribution in [1.82, 2.24) is 0 Å². The van der Waals surface area contributed by atoms with Gasteiger partial charge in [0, 0.05) is 5.54 Å². The summed E-state index contributed by atoms with van der Waals surface area (Å²) in [6, 6.07) is 19.5. The second kappa shape index (κ2) is 6.51. The molecule has 2 rings (SSSR count). The minimum atomic E-state index is -0.612. The van der Waals surface area contributed by atoms with Crippen LogP contribution >= 0.6 is 0 Å². The fourth-order valence-corrected chi connectivity index (χ4v) is 2.44. The molecule has 0 amide bonds. The summed E-state index contributed by atoms with van der Waals surface area (Å²) in [5.74, 6) is -0.323. The first-order valence-electron chi connectivity index (χ1n) is 7.09. The molecule has 0 spiro atoms. The van der Waals surface area contributed by atoms with Crippen LogP contribution in [0.4, 0.5) is 0 Å². The van der Waals surface area contributed by atoms with Crippen molar-refractivity contribution >= 4 is 11.9 Å². The lowest BCUT2D eigenvalue weighted by Gasteiger charge is -2.29. The van der Waals surface area contributed by atoms with Gasteiger partial charge in [-0.15, -0.1) is 0 Å². The van der Waals surface area contributed by atoms with Gasteiger partial charge in [-0.2, -0.15) is 0 Å². The van der Waals surface area contributed by atoms with Gasteiger partial charge in [-0.05, 0) is 31.1 Å². The summed E-state index contributed by atoms with van der Waals surface area (Å²) in [6.45, 7) is 3.78. The highest BCUT2D eigenvalue weighted by atomic mass is 16.1.